The maximum atomic E-state index is 8.90. The van der Waals surface area contributed by atoms with Crippen LogP contribution in [0.25, 0.3) is 0 Å². The van der Waals surface area contributed by atoms with Crippen molar-refractivity contribution < 1.29 is 9.47 Å². The van der Waals surface area contributed by atoms with Crippen molar-refractivity contribution in [2.45, 2.75) is 0 Å². The predicted molar refractivity (Wildman–Crippen MR) is 64.2 cm³/mol. The average Bonchev–Trinajstić information content (AvgIpc) is 2.41. The Morgan fingerprint density at radius 1 is 1.33 bits per heavy atom. The van der Waals surface area contributed by atoms with Crippen molar-refractivity contribution >= 4 is 5.69 Å². The highest BCUT2D eigenvalue weighted by Crippen LogP contribution is 2.30. The van der Waals surface area contributed by atoms with E-state index in [4.69, 9.17) is 20.5 Å². The Bertz CT molecular complexity index is 607. The zero-order valence-corrected chi connectivity index (χ0v) is 9.62. The minimum Gasteiger partial charge on any atom is -0.497 e. The second-order valence-electron chi connectivity index (χ2n) is 3.37. The van der Waals surface area contributed by atoms with Crippen LogP contribution in [-0.2, 0) is 0 Å². The van der Waals surface area contributed by atoms with E-state index in [1.807, 2.05) is 6.07 Å². The largest absolute Gasteiger partial charge is 0.497 e. The summed E-state index contributed by atoms with van der Waals surface area (Å²) in [5.74, 6) is 1.14. The molecular weight excluding hydrogens is 232 g/mol. The van der Waals surface area contributed by atoms with Gasteiger partial charge >= 0.3 is 0 Å². The highest BCUT2D eigenvalue weighted by atomic mass is 16.5. The van der Waals surface area contributed by atoms with E-state index in [9.17, 15) is 0 Å². The molecule has 18 heavy (non-hydrogen) atoms. The molecule has 6 nitrogen and oxygen atoms in total. The zero-order valence-electron chi connectivity index (χ0n) is 9.62. The number of aromatic nitrogens is 2. The van der Waals surface area contributed by atoms with Crippen LogP contribution in [0.4, 0.5) is 5.69 Å². The number of rotatable bonds is 3. The molecule has 2 aromatic rings. The summed E-state index contributed by atoms with van der Waals surface area (Å²) in [5.41, 5.74) is 6.48. The van der Waals surface area contributed by atoms with Gasteiger partial charge in [-0.25, -0.2) is 0 Å². The minimum atomic E-state index is 0.122. The van der Waals surface area contributed by atoms with Gasteiger partial charge in [-0.15, -0.1) is 5.10 Å². The lowest BCUT2D eigenvalue weighted by molar-refractivity contribution is 0.412. The molecule has 0 atom stereocenters. The fraction of sp³-hybridized carbons (Fsp3) is 0.0833. The zero-order chi connectivity index (χ0) is 13.0. The van der Waals surface area contributed by atoms with E-state index >= 15 is 0 Å². The summed E-state index contributed by atoms with van der Waals surface area (Å²) >= 11 is 0. The number of ether oxygens (including phenoxy) is 2. The van der Waals surface area contributed by atoms with E-state index in [1.54, 1.807) is 25.3 Å². The first-order valence-electron chi connectivity index (χ1n) is 5.07. The van der Waals surface area contributed by atoms with Gasteiger partial charge in [0.2, 0.25) is 0 Å². The van der Waals surface area contributed by atoms with Crippen molar-refractivity contribution in [1.82, 2.24) is 10.2 Å². The van der Waals surface area contributed by atoms with Gasteiger partial charge in [0.25, 0.3) is 5.88 Å². The summed E-state index contributed by atoms with van der Waals surface area (Å²) in [6.07, 6.45) is 1.42. The number of hydrogen-bond acceptors (Lipinski definition) is 6. The molecule has 0 aliphatic carbocycles. The first-order chi connectivity index (χ1) is 8.74. The molecule has 1 heterocycles. The number of nitrogens with two attached hydrogens (primary N) is 1. The molecule has 1 aromatic heterocycles. The molecule has 0 radical (unpaired) electrons. The van der Waals surface area contributed by atoms with Crippen LogP contribution < -0.4 is 15.2 Å². The van der Waals surface area contributed by atoms with Crippen molar-refractivity contribution in [3.63, 3.8) is 0 Å². The second kappa shape index (κ2) is 5.01. The van der Waals surface area contributed by atoms with E-state index < -0.39 is 0 Å². The Labute approximate surface area is 104 Å². The number of anilines is 1. The average molecular weight is 242 g/mol. The van der Waals surface area contributed by atoms with Gasteiger partial charge in [-0.05, 0) is 18.2 Å². The SMILES string of the molecule is COc1ccc(Oc2nnccc2C#N)c(N)c1. The van der Waals surface area contributed by atoms with Crippen molar-refractivity contribution in [2.75, 3.05) is 12.8 Å². The quantitative estimate of drug-likeness (QED) is 0.823. The van der Waals surface area contributed by atoms with Gasteiger partial charge in [0.05, 0.1) is 19.0 Å². The van der Waals surface area contributed by atoms with E-state index in [0.717, 1.165) is 0 Å². The van der Waals surface area contributed by atoms with Crippen molar-refractivity contribution in [2.24, 2.45) is 0 Å². The van der Waals surface area contributed by atoms with E-state index in [-0.39, 0.29) is 5.88 Å². The standard InChI is InChI=1S/C12H10N4O2/c1-17-9-2-3-11(10(14)6-9)18-12-8(7-13)4-5-15-16-12/h2-6H,14H2,1H3. The van der Waals surface area contributed by atoms with Gasteiger partial charge in [-0.3, -0.25) is 0 Å². The molecule has 0 amide bonds. The summed E-state index contributed by atoms with van der Waals surface area (Å²) in [6, 6.07) is 8.45. The molecule has 0 saturated heterocycles. The number of methoxy groups -OCH3 is 1. The Morgan fingerprint density at radius 3 is 2.83 bits per heavy atom. The smallest absolute Gasteiger partial charge is 0.257 e. The molecule has 0 fully saturated rings. The molecule has 0 saturated carbocycles. The van der Waals surface area contributed by atoms with E-state index in [2.05, 4.69) is 10.2 Å². The third kappa shape index (κ3) is 2.30. The lowest BCUT2D eigenvalue weighted by Gasteiger charge is -2.09. The van der Waals surface area contributed by atoms with Crippen LogP contribution in [0.2, 0.25) is 0 Å². The van der Waals surface area contributed by atoms with Crippen LogP contribution in [0.3, 0.4) is 0 Å². The first kappa shape index (κ1) is 11.7. The normalized spacial score (nSPS) is 9.56. The fourth-order valence-electron chi connectivity index (χ4n) is 1.33. The molecule has 0 unspecified atom stereocenters. The van der Waals surface area contributed by atoms with Gasteiger partial charge in [-0.1, -0.05) is 0 Å². The minimum absolute atomic E-state index is 0.122. The van der Waals surface area contributed by atoms with Gasteiger partial charge < -0.3 is 15.2 Å². The number of nitriles is 1. The Morgan fingerprint density at radius 2 is 2.17 bits per heavy atom. The van der Waals surface area contributed by atoms with Crippen LogP contribution in [0.15, 0.2) is 30.5 Å². The second-order valence-corrected chi connectivity index (χ2v) is 3.37. The molecule has 0 aliphatic rings. The third-order valence-electron chi connectivity index (χ3n) is 2.23. The topological polar surface area (TPSA) is 94.0 Å². The van der Waals surface area contributed by atoms with Crippen LogP contribution >= 0.6 is 0 Å². The third-order valence-corrected chi connectivity index (χ3v) is 2.23. The fourth-order valence-corrected chi connectivity index (χ4v) is 1.33. The molecule has 1 aromatic carbocycles. The molecule has 90 valence electrons. The molecule has 6 heteroatoms. The number of hydrogen-bond donors (Lipinski definition) is 1. The summed E-state index contributed by atoms with van der Waals surface area (Å²) in [7, 11) is 1.55. The monoisotopic (exact) mass is 242 g/mol. The van der Waals surface area contributed by atoms with Crippen LogP contribution in [0, 0.1) is 11.3 Å². The Balaban J connectivity index is 2.32. The number of nitrogen functional groups attached to an aromatic ring is 1. The maximum Gasteiger partial charge on any atom is 0.257 e. The number of benzene rings is 1. The molecular formula is C12H10N4O2. The van der Waals surface area contributed by atoms with Gasteiger partial charge in [0.1, 0.15) is 17.4 Å². The predicted octanol–water partition coefficient (Wildman–Crippen LogP) is 1.73. The van der Waals surface area contributed by atoms with E-state index in [1.165, 1.54) is 12.3 Å². The molecule has 2 N–H and O–H groups in total. The van der Waals surface area contributed by atoms with E-state index in [0.29, 0.717) is 22.7 Å². The number of nitrogens with zero attached hydrogens (tertiary/aromatic N) is 3. The Kier molecular flexibility index (Phi) is 3.25. The van der Waals surface area contributed by atoms with Crippen molar-refractivity contribution in [3.05, 3.63) is 36.0 Å². The first-order valence-corrected chi connectivity index (χ1v) is 5.07. The van der Waals surface area contributed by atoms with Crippen LogP contribution in [-0.4, -0.2) is 17.3 Å². The Hall–Kier alpha value is -2.81. The van der Waals surface area contributed by atoms with Crippen LogP contribution in [0.5, 0.6) is 17.4 Å². The van der Waals surface area contributed by atoms with Crippen molar-refractivity contribution in [1.29, 1.82) is 5.26 Å². The van der Waals surface area contributed by atoms with Gasteiger partial charge in [0.15, 0.2) is 5.75 Å². The summed E-state index contributed by atoms with van der Waals surface area (Å²) in [5, 5.41) is 16.3. The molecule has 2 rings (SSSR count). The lowest BCUT2D eigenvalue weighted by atomic mass is 10.2. The van der Waals surface area contributed by atoms with Crippen LogP contribution in [0.1, 0.15) is 5.56 Å². The highest BCUT2D eigenvalue weighted by molar-refractivity contribution is 5.57. The highest BCUT2D eigenvalue weighted by Gasteiger charge is 2.09. The van der Waals surface area contributed by atoms with Gasteiger partial charge in [0, 0.05) is 6.07 Å². The lowest BCUT2D eigenvalue weighted by Crippen LogP contribution is -1.97. The summed E-state index contributed by atoms with van der Waals surface area (Å²) in [6.45, 7) is 0. The molecule has 0 spiro atoms. The maximum absolute atomic E-state index is 8.90. The molecule has 0 aliphatic heterocycles. The molecule has 0 bridgehead atoms. The summed E-state index contributed by atoms with van der Waals surface area (Å²) < 4.78 is 10.5. The summed E-state index contributed by atoms with van der Waals surface area (Å²) in [4.78, 5) is 0. The van der Waals surface area contributed by atoms with Crippen molar-refractivity contribution in [3.8, 4) is 23.4 Å². The van der Waals surface area contributed by atoms with Gasteiger partial charge in [-0.2, -0.15) is 10.4 Å².